The van der Waals surface area contributed by atoms with Crippen molar-refractivity contribution in [2.75, 3.05) is 31.1 Å². The molecule has 2 aromatic rings. The second-order valence-corrected chi connectivity index (χ2v) is 6.05. The lowest BCUT2D eigenvalue weighted by Crippen LogP contribution is -2.50. The molecule has 0 N–H and O–H groups in total. The first-order valence-electron chi connectivity index (χ1n) is 8.04. The van der Waals surface area contributed by atoms with Gasteiger partial charge in [-0.3, -0.25) is 9.48 Å². The van der Waals surface area contributed by atoms with Gasteiger partial charge >= 0.3 is 0 Å². The van der Waals surface area contributed by atoms with Crippen LogP contribution in [0.5, 0.6) is 0 Å². The maximum Gasteiger partial charge on any atom is 0.247 e. The number of pyridine rings is 1. The zero-order chi connectivity index (χ0) is 16.4. The van der Waals surface area contributed by atoms with E-state index in [4.69, 9.17) is 0 Å². The molecular formula is C17H23N5O. The normalized spacial score (nSPS) is 16.5. The van der Waals surface area contributed by atoms with E-state index in [-0.39, 0.29) is 11.9 Å². The summed E-state index contributed by atoms with van der Waals surface area (Å²) < 4.78 is 1.82. The van der Waals surface area contributed by atoms with Crippen LogP contribution in [0.25, 0.3) is 0 Å². The van der Waals surface area contributed by atoms with Gasteiger partial charge in [0.2, 0.25) is 5.91 Å². The van der Waals surface area contributed by atoms with Gasteiger partial charge in [-0.15, -0.1) is 0 Å². The zero-order valence-electron chi connectivity index (χ0n) is 13.9. The number of nitrogens with zero attached hydrogens (tertiary/aromatic N) is 5. The van der Waals surface area contributed by atoms with Gasteiger partial charge < -0.3 is 9.80 Å². The minimum atomic E-state index is -0.259. The number of amides is 1. The SMILES string of the molecule is Cc1cc(C)n([C@H](C)C(=O)N2CCN(c3ccccn3)CC2)n1. The van der Waals surface area contributed by atoms with Gasteiger partial charge in [0, 0.05) is 38.1 Å². The Morgan fingerprint density at radius 3 is 2.48 bits per heavy atom. The maximum absolute atomic E-state index is 12.7. The number of carbonyl (C=O) groups excluding carboxylic acids is 1. The Kier molecular flexibility index (Phi) is 4.32. The fraction of sp³-hybridized carbons (Fsp3) is 0.471. The number of hydrogen-bond donors (Lipinski definition) is 0. The van der Waals surface area contributed by atoms with E-state index in [2.05, 4.69) is 15.0 Å². The number of aryl methyl sites for hydroxylation is 2. The highest BCUT2D eigenvalue weighted by Crippen LogP contribution is 2.17. The minimum absolute atomic E-state index is 0.136. The smallest absolute Gasteiger partial charge is 0.247 e. The topological polar surface area (TPSA) is 54.3 Å². The molecule has 0 saturated carbocycles. The van der Waals surface area contributed by atoms with Crippen LogP contribution in [0.1, 0.15) is 24.4 Å². The summed E-state index contributed by atoms with van der Waals surface area (Å²) in [4.78, 5) is 21.3. The summed E-state index contributed by atoms with van der Waals surface area (Å²) in [7, 11) is 0. The Morgan fingerprint density at radius 1 is 1.17 bits per heavy atom. The molecule has 3 rings (SSSR count). The van der Waals surface area contributed by atoms with E-state index >= 15 is 0 Å². The fourth-order valence-electron chi connectivity index (χ4n) is 3.10. The Hall–Kier alpha value is -2.37. The highest BCUT2D eigenvalue weighted by Gasteiger charge is 2.27. The zero-order valence-corrected chi connectivity index (χ0v) is 13.9. The number of hydrogen-bond acceptors (Lipinski definition) is 4. The fourth-order valence-corrected chi connectivity index (χ4v) is 3.10. The van der Waals surface area contributed by atoms with Gasteiger partial charge in [0.05, 0.1) is 5.69 Å². The first-order chi connectivity index (χ1) is 11.1. The Labute approximate surface area is 136 Å². The van der Waals surface area contributed by atoms with E-state index in [1.807, 2.05) is 54.6 Å². The predicted octanol–water partition coefficient (Wildman–Crippen LogP) is 1.80. The molecule has 0 radical (unpaired) electrons. The molecule has 1 aliphatic rings. The first kappa shape index (κ1) is 15.5. The maximum atomic E-state index is 12.7. The van der Waals surface area contributed by atoms with E-state index in [1.54, 1.807) is 6.20 Å². The number of piperazine rings is 1. The highest BCUT2D eigenvalue weighted by molar-refractivity contribution is 5.80. The van der Waals surface area contributed by atoms with E-state index in [1.165, 1.54) is 0 Å². The summed E-state index contributed by atoms with van der Waals surface area (Å²) in [6.45, 7) is 8.93. The van der Waals surface area contributed by atoms with Crippen molar-refractivity contribution in [2.45, 2.75) is 26.8 Å². The summed E-state index contributed by atoms with van der Waals surface area (Å²) in [5.41, 5.74) is 1.97. The molecule has 0 bridgehead atoms. The molecule has 0 unspecified atom stereocenters. The summed E-state index contributed by atoms with van der Waals surface area (Å²) in [6.07, 6.45) is 1.80. The van der Waals surface area contributed by atoms with Gasteiger partial charge in [0.1, 0.15) is 11.9 Å². The quantitative estimate of drug-likeness (QED) is 0.867. The molecule has 1 aliphatic heterocycles. The van der Waals surface area contributed by atoms with Crippen LogP contribution in [0.3, 0.4) is 0 Å². The summed E-state index contributed by atoms with van der Waals surface area (Å²) >= 11 is 0. The molecule has 23 heavy (non-hydrogen) atoms. The molecule has 122 valence electrons. The molecule has 0 aliphatic carbocycles. The second-order valence-electron chi connectivity index (χ2n) is 6.05. The molecule has 1 amide bonds. The molecule has 6 heteroatoms. The minimum Gasteiger partial charge on any atom is -0.353 e. The molecule has 6 nitrogen and oxygen atoms in total. The van der Waals surface area contributed by atoms with Crippen molar-refractivity contribution < 1.29 is 4.79 Å². The predicted molar refractivity (Wildman–Crippen MR) is 89.4 cm³/mol. The Morgan fingerprint density at radius 2 is 1.91 bits per heavy atom. The monoisotopic (exact) mass is 313 g/mol. The van der Waals surface area contributed by atoms with Crippen LogP contribution in [0, 0.1) is 13.8 Å². The van der Waals surface area contributed by atoms with Crippen molar-refractivity contribution in [1.29, 1.82) is 0 Å². The number of rotatable bonds is 3. The van der Waals surface area contributed by atoms with Crippen molar-refractivity contribution in [3.8, 4) is 0 Å². The number of aromatic nitrogens is 3. The molecule has 1 saturated heterocycles. The van der Waals surface area contributed by atoms with Gasteiger partial charge in [-0.25, -0.2) is 4.98 Å². The molecule has 3 heterocycles. The summed E-state index contributed by atoms with van der Waals surface area (Å²) in [6, 6.07) is 7.66. The van der Waals surface area contributed by atoms with Crippen LogP contribution in [-0.4, -0.2) is 51.8 Å². The lowest BCUT2D eigenvalue weighted by atomic mass is 10.2. The van der Waals surface area contributed by atoms with Crippen molar-refractivity contribution in [1.82, 2.24) is 19.7 Å². The average molecular weight is 313 g/mol. The van der Waals surface area contributed by atoms with Gasteiger partial charge in [-0.1, -0.05) is 6.07 Å². The molecule has 2 aromatic heterocycles. The first-order valence-corrected chi connectivity index (χ1v) is 8.04. The van der Waals surface area contributed by atoms with Crippen molar-refractivity contribution >= 4 is 11.7 Å². The van der Waals surface area contributed by atoms with Gasteiger partial charge in [-0.05, 0) is 39.0 Å². The second kappa shape index (κ2) is 6.40. The van der Waals surface area contributed by atoms with Crippen molar-refractivity contribution in [3.05, 3.63) is 41.9 Å². The van der Waals surface area contributed by atoms with E-state index in [9.17, 15) is 4.79 Å². The van der Waals surface area contributed by atoms with E-state index in [0.717, 1.165) is 43.4 Å². The van der Waals surface area contributed by atoms with Crippen molar-refractivity contribution in [3.63, 3.8) is 0 Å². The lowest BCUT2D eigenvalue weighted by molar-refractivity contribution is -0.134. The third kappa shape index (κ3) is 3.21. The molecule has 1 atom stereocenters. The molecule has 1 fully saturated rings. The van der Waals surface area contributed by atoms with Gasteiger partial charge in [-0.2, -0.15) is 5.10 Å². The molecule has 0 aromatic carbocycles. The Balaban J connectivity index is 1.63. The summed E-state index contributed by atoms with van der Waals surface area (Å²) in [5, 5.41) is 4.44. The standard InChI is InChI=1S/C17H23N5O/c1-13-12-14(2)22(19-13)15(3)17(23)21-10-8-20(9-11-21)16-6-4-5-7-18-16/h4-7,12,15H,8-11H2,1-3H3/t15-/m1/s1. The average Bonchev–Trinajstić information content (AvgIpc) is 2.93. The van der Waals surface area contributed by atoms with Crippen LogP contribution in [0.2, 0.25) is 0 Å². The van der Waals surface area contributed by atoms with Crippen LogP contribution in [0.15, 0.2) is 30.5 Å². The van der Waals surface area contributed by atoms with Crippen LogP contribution >= 0.6 is 0 Å². The van der Waals surface area contributed by atoms with Crippen LogP contribution in [-0.2, 0) is 4.79 Å². The summed E-state index contributed by atoms with van der Waals surface area (Å²) in [5.74, 6) is 1.11. The highest BCUT2D eigenvalue weighted by atomic mass is 16.2. The van der Waals surface area contributed by atoms with Gasteiger partial charge in [0.25, 0.3) is 0 Å². The van der Waals surface area contributed by atoms with E-state index < -0.39 is 0 Å². The Bertz CT molecular complexity index is 674. The van der Waals surface area contributed by atoms with Gasteiger partial charge in [0.15, 0.2) is 0 Å². The third-order valence-electron chi connectivity index (χ3n) is 4.33. The largest absolute Gasteiger partial charge is 0.353 e. The number of carbonyl (C=O) groups is 1. The van der Waals surface area contributed by atoms with Crippen LogP contribution < -0.4 is 4.90 Å². The molecular weight excluding hydrogens is 290 g/mol. The number of anilines is 1. The van der Waals surface area contributed by atoms with Crippen molar-refractivity contribution in [2.24, 2.45) is 0 Å². The lowest BCUT2D eigenvalue weighted by Gasteiger charge is -2.36. The third-order valence-corrected chi connectivity index (χ3v) is 4.33. The van der Waals surface area contributed by atoms with Crippen LogP contribution in [0.4, 0.5) is 5.82 Å². The van der Waals surface area contributed by atoms with E-state index in [0.29, 0.717) is 0 Å². The molecule has 0 spiro atoms.